The molecular formula is C21H22N4O4S. The molecule has 8 nitrogen and oxygen atoms in total. The second-order valence-corrected chi connectivity index (χ2v) is 9.08. The number of nitrogens with one attached hydrogen (secondary N) is 1. The summed E-state index contributed by atoms with van der Waals surface area (Å²) in [6, 6.07) is 13.6. The van der Waals surface area contributed by atoms with Gasteiger partial charge in [-0.05, 0) is 49.6 Å². The van der Waals surface area contributed by atoms with E-state index in [0.29, 0.717) is 24.5 Å². The number of nitrogens with zero attached hydrogens (tertiary/aromatic N) is 3. The first-order valence-corrected chi connectivity index (χ1v) is 11.2. The van der Waals surface area contributed by atoms with E-state index in [9.17, 15) is 13.2 Å². The topological polar surface area (TPSA) is 105 Å². The molecule has 0 radical (unpaired) electrons. The predicted octanol–water partition coefficient (Wildman–Crippen LogP) is 2.76. The number of aromatic nitrogens is 2. The maximum Gasteiger partial charge on any atom is 0.251 e. The third-order valence-corrected chi connectivity index (χ3v) is 6.99. The van der Waals surface area contributed by atoms with Crippen LogP contribution in [-0.4, -0.2) is 41.9 Å². The van der Waals surface area contributed by atoms with Crippen molar-refractivity contribution in [1.82, 2.24) is 19.8 Å². The van der Waals surface area contributed by atoms with Gasteiger partial charge in [0.05, 0.1) is 11.4 Å². The smallest absolute Gasteiger partial charge is 0.251 e. The molecule has 4 rings (SSSR count). The van der Waals surface area contributed by atoms with Gasteiger partial charge in [-0.25, -0.2) is 8.42 Å². The Bertz CT molecular complexity index is 1150. The zero-order chi connectivity index (χ0) is 21.1. The summed E-state index contributed by atoms with van der Waals surface area (Å²) in [6.07, 6.45) is 1.75. The molecule has 1 N–H and O–H groups in total. The molecule has 156 valence electrons. The maximum atomic E-state index is 12.6. The molecule has 1 aliphatic heterocycles. The summed E-state index contributed by atoms with van der Waals surface area (Å²) in [6.45, 7) is 3.12. The van der Waals surface area contributed by atoms with Gasteiger partial charge >= 0.3 is 0 Å². The Morgan fingerprint density at radius 3 is 2.50 bits per heavy atom. The third kappa shape index (κ3) is 4.12. The van der Waals surface area contributed by atoms with Crippen molar-refractivity contribution in [3.8, 4) is 11.4 Å². The monoisotopic (exact) mass is 426 g/mol. The highest BCUT2D eigenvalue weighted by atomic mass is 32.2. The number of amides is 1. The van der Waals surface area contributed by atoms with Crippen LogP contribution in [0.15, 0.2) is 57.9 Å². The van der Waals surface area contributed by atoms with Crippen LogP contribution >= 0.6 is 0 Å². The molecule has 9 heteroatoms. The van der Waals surface area contributed by atoms with Crippen LogP contribution in [0.1, 0.15) is 34.7 Å². The molecule has 3 aromatic rings. The minimum atomic E-state index is -3.50. The molecule has 0 aliphatic carbocycles. The third-order valence-electron chi connectivity index (χ3n) is 5.07. The first-order valence-electron chi connectivity index (χ1n) is 9.72. The van der Waals surface area contributed by atoms with Gasteiger partial charge in [-0.3, -0.25) is 4.79 Å². The van der Waals surface area contributed by atoms with Gasteiger partial charge < -0.3 is 9.84 Å². The minimum Gasteiger partial charge on any atom is -0.343 e. The lowest BCUT2D eigenvalue weighted by Crippen LogP contribution is -2.28. The molecule has 0 spiro atoms. The second kappa shape index (κ2) is 8.37. The average molecular weight is 426 g/mol. The maximum absolute atomic E-state index is 12.6. The lowest BCUT2D eigenvalue weighted by molar-refractivity contribution is 0.0946. The van der Waals surface area contributed by atoms with Crippen molar-refractivity contribution in [2.75, 3.05) is 13.1 Å². The van der Waals surface area contributed by atoms with Crippen molar-refractivity contribution in [2.45, 2.75) is 31.2 Å². The fourth-order valence-corrected chi connectivity index (χ4v) is 4.89. The van der Waals surface area contributed by atoms with E-state index >= 15 is 0 Å². The number of benzene rings is 2. The summed E-state index contributed by atoms with van der Waals surface area (Å²) < 4.78 is 31.8. The predicted molar refractivity (Wildman–Crippen MR) is 110 cm³/mol. The molecule has 2 heterocycles. The molecule has 1 fully saturated rings. The van der Waals surface area contributed by atoms with Gasteiger partial charge in [0.2, 0.25) is 21.7 Å². The molecule has 1 aliphatic rings. The van der Waals surface area contributed by atoms with E-state index in [0.717, 1.165) is 24.0 Å². The standard InChI is InChI=1S/C21H22N4O4S/c1-15-6-2-3-7-18(15)20-23-19(29-24-20)14-22-21(26)16-8-10-17(11-9-16)30(27,28)25-12-4-5-13-25/h2-3,6-11H,4-5,12-14H2,1H3,(H,22,26). The van der Waals surface area contributed by atoms with Crippen molar-refractivity contribution >= 4 is 15.9 Å². The van der Waals surface area contributed by atoms with Gasteiger partial charge in [-0.1, -0.05) is 29.4 Å². The van der Waals surface area contributed by atoms with Gasteiger partial charge in [0.15, 0.2) is 0 Å². The number of aryl methyl sites for hydroxylation is 1. The molecule has 1 aromatic heterocycles. The first-order chi connectivity index (χ1) is 14.4. The second-order valence-electron chi connectivity index (χ2n) is 7.14. The minimum absolute atomic E-state index is 0.0749. The van der Waals surface area contributed by atoms with E-state index in [-0.39, 0.29) is 23.2 Å². The van der Waals surface area contributed by atoms with Crippen molar-refractivity contribution in [1.29, 1.82) is 0 Å². The summed E-state index contributed by atoms with van der Waals surface area (Å²) in [5.41, 5.74) is 2.25. The highest BCUT2D eigenvalue weighted by molar-refractivity contribution is 7.89. The lowest BCUT2D eigenvalue weighted by Gasteiger charge is -2.15. The number of hydrogen-bond donors (Lipinski definition) is 1. The van der Waals surface area contributed by atoms with Crippen LogP contribution < -0.4 is 5.32 Å². The summed E-state index contributed by atoms with van der Waals surface area (Å²) in [5, 5.41) is 6.68. The molecule has 0 unspecified atom stereocenters. The van der Waals surface area contributed by atoms with Gasteiger partial charge in [0.25, 0.3) is 5.91 Å². The Morgan fingerprint density at radius 2 is 1.80 bits per heavy atom. The van der Waals surface area contributed by atoms with E-state index in [1.54, 1.807) is 0 Å². The Kier molecular flexibility index (Phi) is 5.65. The molecule has 0 atom stereocenters. The highest BCUT2D eigenvalue weighted by Gasteiger charge is 2.27. The zero-order valence-corrected chi connectivity index (χ0v) is 17.4. The van der Waals surface area contributed by atoms with Crippen molar-refractivity contribution < 1.29 is 17.7 Å². The molecule has 0 saturated carbocycles. The lowest BCUT2D eigenvalue weighted by atomic mass is 10.1. The molecule has 0 bridgehead atoms. The number of rotatable bonds is 6. The number of carbonyl (C=O) groups is 1. The Labute approximate surface area is 175 Å². The van der Waals surface area contributed by atoms with Crippen LogP contribution in [0.2, 0.25) is 0 Å². The number of hydrogen-bond acceptors (Lipinski definition) is 6. The van der Waals surface area contributed by atoms with Crippen LogP contribution in [-0.2, 0) is 16.6 Å². The van der Waals surface area contributed by atoms with Gasteiger partial charge in [-0.2, -0.15) is 9.29 Å². The van der Waals surface area contributed by atoms with E-state index in [1.807, 2.05) is 31.2 Å². The fraction of sp³-hybridized carbons (Fsp3) is 0.286. The van der Waals surface area contributed by atoms with Gasteiger partial charge in [0, 0.05) is 24.2 Å². The molecule has 1 saturated heterocycles. The van der Waals surface area contributed by atoms with Gasteiger partial charge in [-0.15, -0.1) is 0 Å². The quantitative estimate of drug-likeness (QED) is 0.650. The van der Waals surface area contributed by atoms with Crippen LogP contribution in [0, 0.1) is 6.92 Å². The first kappa shape index (κ1) is 20.2. The van der Waals surface area contributed by atoms with Crippen molar-refractivity contribution in [2.24, 2.45) is 0 Å². The van der Waals surface area contributed by atoms with Crippen molar-refractivity contribution in [3.05, 3.63) is 65.5 Å². The van der Waals surface area contributed by atoms with Crippen LogP contribution in [0.25, 0.3) is 11.4 Å². The Morgan fingerprint density at radius 1 is 1.10 bits per heavy atom. The van der Waals surface area contributed by atoms with E-state index in [1.165, 1.54) is 28.6 Å². The summed E-state index contributed by atoms with van der Waals surface area (Å²) in [4.78, 5) is 16.9. The highest BCUT2D eigenvalue weighted by Crippen LogP contribution is 2.22. The fourth-order valence-electron chi connectivity index (χ4n) is 3.37. The summed E-state index contributed by atoms with van der Waals surface area (Å²) in [5.74, 6) is 0.402. The molecular weight excluding hydrogens is 404 g/mol. The largest absolute Gasteiger partial charge is 0.343 e. The van der Waals surface area contributed by atoms with Gasteiger partial charge in [0.1, 0.15) is 0 Å². The van der Waals surface area contributed by atoms with Crippen LogP contribution in [0.4, 0.5) is 0 Å². The van der Waals surface area contributed by atoms with Crippen LogP contribution in [0.5, 0.6) is 0 Å². The Hall–Kier alpha value is -3.04. The van der Waals surface area contributed by atoms with E-state index in [2.05, 4.69) is 15.5 Å². The summed E-state index contributed by atoms with van der Waals surface area (Å²) >= 11 is 0. The molecule has 1 amide bonds. The number of sulfonamides is 1. The van der Waals surface area contributed by atoms with E-state index in [4.69, 9.17) is 4.52 Å². The summed E-state index contributed by atoms with van der Waals surface area (Å²) in [7, 11) is -3.50. The SMILES string of the molecule is Cc1ccccc1-c1noc(CNC(=O)c2ccc(S(=O)(=O)N3CCCC3)cc2)n1. The molecule has 30 heavy (non-hydrogen) atoms. The zero-order valence-electron chi connectivity index (χ0n) is 16.5. The van der Waals surface area contributed by atoms with Crippen molar-refractivity contribution in [3.63, 3.8) is 0 Å². The Balaban J connectivity index is 1.39. The average Bonchev–Trinajstić information content (AvgIpc) is 3.45. The molecule has 2 aromatic carbocycles. The normalized spacial score (nSPS) is 14.7. The number of carbonyl (C=O) groups excluding carboxylic acids is 1. The van der Waals surface area contributed by atoms with E-state index < -0.39 is 10.0 Å². The van der Waals surface area contributed by atoms with Crippen LogP contribution in [0.3, 0.4) is 0 Å².